The van der Waals surface area contributed by atoms with E-state index >= 15 is 0 Å². The number of aromatic nitrogens is 2. The molecule has 4 heterocycles. The molecule has 2 saturated heterocycles. The number of hydrogen-bond donors (Lipinski definition) is 1. The molecule has 0 spiro atoms. The van der Waals surface area contributed by atoms with Crippen molar-refractivity contribution in [3.63, 3.8) is 0 Å². The predicted octanol–water partition coefficient (Wildman–Crippen LogP) is 3.55. The first-order chi connectivity index (χ1) is 16.2. The number of nitrogens with zero attached hydrogens (tertiary/aromatic N) is 4. The highest BCUT2D eigenvalue weighted by molar-refractivity contribution is 5.93. The van der Waals surface area contributed by atoms with Crippen LogP contribution in [0.5, 0.6) is 0 Å². The molecule has 8 nitrogen and oxygen atoms in total. The molecular weight excluding hydrogens is 418 g/mol. The zero-order valence-corrected chi connectivity index (χ0v) is 18.4. The van der Waals surface area contributed by atoms with E-state index in [4.69, 9.17) is 4.42 Å². The molecule has 33 heavy (non-hydrogen) atoms. The van der Waals surface area contributed by atoms with Crippen molar-refractivity contribution in [2.75, 3.05) is 36.4 Å². The van der Waals surface area contributed by atoms with Gasteiger partial charge in [-0.3, -0.25) is 9.59 Å². The smallest absolute Gasteiger partial charge is 0.289 e. The Labute approximate surface area is 192 Å². The first-order valence-electron chi connectivity index (χ1n) is 11.4. The van der Waals surface area contributed by atoms with Crippen LogP contribution in [0.4, 0.5) is 11.5 Å². The Morgan fingerprint density at radius 2 is 1.79 bits per heavy atom. The van der Waals surface area contributed by atoms with E-state index in [9.17, 15) is 9.59 Å². The first-order valence-corrected chi connectivity index (χ1v) is 11.4. The van der Waals surface area contributed by atoms with Crippen LogP contribution in [-0.2, 0) is 4.79 Å². The van der Waals surface area contributed by atoms with Crippen LogP contribution in [0.25, 0.3) is 0 Å². The fraction of sp³-hybridized carbons (Fsp3) is 0.360. The van der Waals surface area contributed by atoms with Crippen molar-refractivity contribution >= 4 is 23.3 Å². The summed E-state index contributed by atoms with van der Waals surface area (Å²) in [5.74, 6) is 1.55. The molecule has 2 aliphatic rings. The van der Waals surface area contributed by atoms with Crippen LogP contribution < -0.4 is 10.2 Å². The largest absolute Gasteiger partial charge is 0.459 e. The summed E-state index contributed by atoms with van der Waals surface area (Å²) in [6.45, 7) is 2.88. The van der Waals surface area contributed by atoms with E-state index in [2.05, 4.69) is 32.5 Å². The van der Waals surface area contributed by atoms with Gasteiger partial charge < -0.3 is 19.5 Å². The molecule has 2 aliphatic heterocycles. The average Bonchev–Trinajstić information content (AvgIpc) is 3.58. The van der Waals surface area contributed by atoms with E-state index in [1.54, 1.807) is 18.3 Å². The van der Waals surface area contributed by atoms with Crippen LogP contribution in [0.15, 0.2) is 65.4 Å². The van der Waals surface area contributed by atoms with Gasteiger partial charge in [0.2, 0.25) is 5.91 Å². The fourth-order valence-corrected chi connectivity index (χ4v) is 4.70. The van der Waals surface area contributed by atoms with Gasteiger partial charge in [-0.05, 0) is 67.1 Å². The van der Waals surface area contributed by atoms with Crippen LogP contribution >= 0.6 is 0 Å². The Bertz CT molecular complexity index is 1080. The monoisotopic (exact) mass is 445 g/mol. The quantitative estimate of drug-likeness (QED) is 0.646. The molecule has 3 aromatic rings. The van der Waals surface area contributed by atoms with Gasteiger partial charge in [-0.15, -0.1) is 5.10 Å². The lowest BCUT2D eigenvalue weighted by Crippen LogP contribution is -2.37. The molecular formula is C25H27N5O3. The van der Waals surface area contributed by atoms with Gasteiger partial charge in [0, 0.05) is 38.1 Å². The van der Waals surface area contributed by atoms with Gasteiger partial charge in [-0.2, -0.15) is 5.10 Å². The number of furan rings is 1. The Morgan fingerprint density at radius 3 is 2.48 bits per heavy atom. The summed E-state index contributed by atoms with van der Waals surface area (Å²) in [5, 5.41) is 11.1. The second-order valence-corrected chi connectivity index (χ2v) is 8.67. The lowest BCUT2D eigenvalue weighted by atomic mass is 9.89. The first kappa shape index (κ1) is 21.2. The predicted molar refractivity (Wildman–Crippen MR) is 124 cm³/mol. The highest BCUT2D eigenvalue weighted by Crippen LogP contribution is 2.30. The van der Waals surface area contributed by atoms with Crippen molar-refractivity contribution in [1.29, 1.82) is 0 Å². The van der Waals surface area contributed by atoms with E-state index in [-0.39, 0.29) is 17.7 Å². The number of anilines is 2. The van der Waals surface area contributed by atoms with Crippen molar-refractivity contribution in [1.82, 2.24) is 15.1 Å². The molecule has 8 heteroatoms. The second kappa shape index (κ2) is 9.44. The van der Waals surface area contributed by atoms with E-state index in [0.29, 0.717) is 31.3 Å². The molecule has 1 unspecified atom stereocenters. The maximum atomic E-state index is 12.8. The van der Waals surface area contributed by atoms with Crippen molar-refractivity contribution in [3.05, 3.63) is 72.3 Å². The number of hydrogen-bond acceptors (Lipinski definition) is 6. The second-order valence-electron chi connectivity index (χ2n) is 8.67. The van der Waals surface area contributed by atoms with Crippen LogP contribution in [0.2, 0.25) is 0 Å². The lowest BCUT2D eigenvalue weighted by molar-refractivity contribution is -0.119. The van der Waals surface area contributed by atoms with Crippen molar-refractivity contribution in [2.24, 2.45) is 5.92 Å². The summed E-state index contributed by atoms with van der Waals surface area (Å²) in [4.78, 5) is 29.2. The lowest BCUT2D eigenvalue weighted by Gasteiger charge is -2.31. The van der Waals surface area contributed by atoms with Crippen LogP contribution in [-0.4, -0.2) is 53.1 Å². The Hall–Kier alpha value is -3.68. The van der Waals surface area contributed by atoms with Crippen molar-refractivity contribution < 1.29 is 14.0 Å². The normalized spacial score (nSPS) is 19.0. The Kier molecular flexibility index (Phi) is 6.06. The molecule has 2 fully saturated rings. The summed E-state index contributed by atoms with van der Waals surface area (Å²) in [5.41, 5.74) is 2.06. The summed E-state index contributed by atoms with van der Waals surface area (Å²) in [6, 6.07) is 15.4. The van der Waals surface area contributed by atoms with Crippen LogP contribution in [0.3, 0.4) is 0 Å². The van der Waals surface area contributed by atoms with E-state index < -0.39 is 0 Å². The number of carbonyl (C=O) groups excluding carboxylic acids is 2. The van der Waals surface area contributed by atoms with E-state index in [0.717, 1.165) is 37.3 Å². The van der Waals surface area contributed by atoms with Gasteiger partial charge in [0.1, 0.15) is 0 Å². The number of nitrogens with one attached hydrogen (secondary N) is 1. The SMILES string of the molecule is O=C(Nc1ccc(C2CCN(C(=O)c3ccco3)CC2)cc1)C1CCN(c2cccnn2)C1. The standard InChI is InChI=1S/C25H27N5O3/c31-24(20-11-15-30(17-20)23-4-1-12-26-28-23)27-21-7-5-18(6-8-21)19-9-13-29(14-10-19)25(32)22-3-2-16-33-22/h1-8,12,16,19-20H,9-11,13-15,17H2,(H,27,31). The highest BCUT2D eigenvalue weighted by Gasteiger charge is 2.29. The highest BCUT2D eigenvalue weighted by atomic mass is 16.3. The van der Waals surface area contributed by atoms with Gasteiger partial charge in [0.05, 0.1) is 12.2 Å². The summed E-state index contributed by atoms with van der Waals surface area (Å²) < 4.78 is 5.24. The van der Waals surface area contributed by atoms with Gasteiger partial charge in [-0.1, -0.05) is 12.1 Å². The summed E-state index contributed by atoms with van der Waals surface area (Å²) >= 11 is 0. The van der Waals surface area contributed by atoms with Crippen molar-refractivity contribution in [3.8, 4) is 0 Å². The maximum Gasteiger partial charge on any atom is 0.289 e. The molecule has 1 aromatic carbocycles. The molecule has 1 atom stereocenters. The number of rotatable bonds is 5. The third kappa shape index (κ3) is 4.74. The third-order valence-electron chi connectivity index (χ3n) is 6.61. The zero-order chi connectivity index (χ0) is 22.6. The maximum absolute atomic E-state index is 12.8. The third-order valence-corrected chi connectivity index (χ3v) is 6.61. The summed E-state index contributed by atoms with van der Waals surface area (Å²) in [6.07, 6.45) is 5.81. The summed E-state index contributed by atoms with van der Waals surface area (Å²) in [7, 11) is 0. The van der Waals surface area contributed by atoms with E-state index in [1.807, 2.05) is 29.2 Å². The van der Waals surface area contributed by atoms with E-state index in [1.165, 1.54) is 11.8 Å². The molecule has 0 radical (unpaired) electrons. The number of piperidine rings is 1. The molecule has 2 amide bonds. The number of amides is 2. The Morgan fingerprint density at radius 1 is 0.970 bits per heavy atom. The minimum Gasteiger partial charge on any atom is -0.459 e. The zero-order valence-electron chi connectivity index (χ0n) is 18.4. The number of likely N-dealkylation sites (tertiary alicyclic amines) is 1. The Balaban J connectivity index is 1.12. The molecule has 170 valence electrons. The van der Waals surface area contributed by atoms with Gasteiger partial charge in [0.15, 0.2) is 11.6 Å². The van der Waals surface area contributed by atoms with Gasteiger partial charge >= 0.3 is 0 Å². The number of benzene rings is 1. The molecule has 0 saturated carbocycles. The minimum absolute atomic E-state index is 0.0405. The van der Waals surface area contributed by atoms with Crippen molar-refractivity contribution in [2.45, 2.75) is 25.2 Å². The van der Waals surface area contributed by atoms with Crippen LogP contribution in [0.1, 0.15) is 41.3 Å². The molecule has 2 aromatic heterocycles. The molecule has 5 rings (SSSR count). The average molecular weight is 446 g/mol. The van der Waals surface area contributed by atoms with Crippen LogP contribution in [0, 0.1) is 5.92 Å². The fourth-order valence-electron chi connectivity index (χ4n) is 4.70. The molecule has 0 bridgehead atoms. The number of carbonyl (C=O) groups is 2. The molecule has 1 N–H and O–H groups in total. The van der Waals surface area contributed by atoms with Gasteiger partial charge in [0.25, 0.3) is 5.91 Å². The topological polar surface area (TPSA) is 91.6 Å². The van der Waals surface area contributed by atoms with Gasteiger partial charge in [-0.25, -0.2) is 0 Å². The minimum atomic E-state index is -0.0669. The molecule has 0 aliphatic carbocycles.